The normalized spacial score (nSPS) is 26.1. The molecule has 2 aromatic carbocycles. The lowest BCUT2D eigenvalue weighted by atomic mass is 9.78. The predicted molar refractivity (Wildman–Crippen MR) is 150 cm³/mol. The summed E-state index contributed by atoms with van der Waals surface area (Å²) in [6.07, 6.45) is 10.2. The summed E-state index contributed by atoms with van der Waals surface area (Å²) in [6, 6.07) is 13.7. The van der Waals surface area contributed by atoms with Gasteiger partial charge in [0.05, 0.1) is 6.54 Å². The summed E-state index contributed by atoms with van der Waals surface area (Å²) in [7, 11) is 0. The number of halogens is 2. The lowest BCUT2D eigenvalue weighted by Crippen LogP contribution is -2.60. The predicted octanol–water partition coefficient (Wildman–Crippen LogP) is 6.71. The number of fused-ring (bicyclic) bond motifs is 1. The first-order valence-corrected chi connectivity index (χ1v) is 14.5. The highest BCUT2D eigenvalue weighted by atomic mass is 35.5. The van der Waals surface area contributed by atoms with Crippen LogP contribution in [0.4, 0.5) is 5.69 Å². The highest BCUT2D eigenvalue weighted by molar-refractivity contribution is 6.31. The summed E-state index contributed by atoms with van der Waals surface area (Å²) in [5, 5.41) is 7.64. The first-order valence-electron chi connectivity index (χ1n) is 13.8. The Hall–Kier alpha value is -2.08. The zero-order valence-electron chi connectivity index (χ0n) is 21.6. The zero-order valence-corrected chi connectivity index (χ0v) is 23.1. The Morgan fingerprint density at radius 3 is 2.57 bits per heavy atom. The molecule has 5 nitrogen and oxygen atoms in total. The second-order valence-electron chi connectivity index (χ2n) is 11.3. The van der Waals surface area contributed by atoms with Crippen LogP contribution in [0.2, 0.25) is 10.0 Å². The van der Waals surface area contributed by atoms with Crippen molar-refractivity contribution in [1.82, 2.24) is 10.2 Å². The van der Waals surface area contributed by atoms with E-state index >= 15 is 0 Å². The van der Waals surface area contributed by atoms with E-state index in [1.807, 2.05) is 42.5 Å². The topological polar surface area (TPSA) is 61.4 Å². The van der Waals surface area contributed by atoms with E-state index in [1.165, 1.54) is 12.8 Å². The van der Waals surface area contributed by atoms with Crippen LogP contribution in [-0.4, -0.2) is 35.3 Å². The number of benzene rings is 2. The summed E-state index contributed by atoms with van der Waals surface area (Å²) in [5.74, 6) is 0.444. The van der Waals surface area contributed by atoms with E-state index in [0.29, 0.717) is 22.4 Å². The highest BCUT2D eigenvalue weighted by Gasteiger charge is 2.54. The molecule has 2 unspecified atom stereocenters. The largest absolute Gasteiger partial charge is 0.352 e. The summed E-state index contributed by atoms with van der Waals surface area (Å²) in [4.78, 5) is 29.9. The van der Waals surface area contributed by atoms with Crippen molar-refractivity contribution in [2.24, 2.45) is 5.92 Å². The van der Waals surface area contributed by atoms with Crippen LogP contribution >= 0.6 is 23.2 Å². The van der Waals surface area contributed by atoms with Gasteiger partial charge in [-0.3, -0.25) is 14.5 Å². The monoisotopic (exact) mass is 541 g/mol. The minimum atomic E-state index is -1.03. The lowest BCUT2D eigenvalue weighted by molar-refractivity contribution is -0.135. The number of hydrogen-bond acceptors (Lipinski definition) is 3. The number of nitrogens with zero attached hydrogens (tertiary/aromatic N) is 1. The molecular weight excluding hydrogens is 505 g/mol. The summed E-state index contributed by atoms with van der Waals surface area (Å²) in [5.41, 5.74) is 1.54. The molecule has 2 saturated carbocycles. The molecule has 2 fully saturated rings. The third-order valence-corrected chi connectivity index (χ3v) is 8.99. The average Bonchev–Trinajstić information content (AvgIpc) is 3.13. The molecule has 2 amide bonds. The maximum Gasteiger partial charge on any atom is 0.249 e. The van der Waals surface area contributed by atoms with Crippen LogP contribution in [0.15, 0.2) is 42.5 Å². The number of carbonyl (C=O) groups excluding carboxylic acids is 2. The van der Waals surface area contributed by atoms with E-state index in [2.05, 4.69) is 22.5 Å². The van der Waals surface area contributed by atoms with Gasteiger partial charge >= 0.3 is 0 Å². The van der Waals surface area contributed by atoms with Crippen molar-refractivity contribution in [3.8, 4) is 0 Å². The summed E-state index contributed by atoms with van der Waals surface area (Å²) < 4.78 is 0. The SMILES string of the molecule is C[C@@H]1CCCC(N(CC(=O)NC2CCCCC2)C2(Cc3cccc(Cl)c3)C(=O)Nc3cc(Cl)ccc32)C1. The van der Waals surface area contributed by atoms with E-state index < -0.39 is 5.54 Å². The Labute approximate surface area is 230 Å². The van der Waals surface area contributed by atoms with Crippen LogP contribution in [0.1, 0.15) is 75.8 Å². The quantitative estimate of drug-likeness (QED) is 0.409. The van der Waals surface area contributed by atoms with Crippen LogP contribution in [0.5, 0.6) is 0 Å². The van der Waals surface area contributed by atoms with Gasteiger partial charge in [-0.2, -0.15) is 0 Å². The van der Waals surface area contributed by atoms with E-state index in [9.17, 15) is 9.59 Å². The van der Waals surface area contributed by atoms with Crippen molar-refractivity contribution in [3.63, 3.8) is 0 Å². The minimum Gasteiger partial charge on any atom is -0.352 e. The molecule has 2 aromatic rings. The molecule has 0 bridgehead atoms. The van der Waals surface area contributed by atoms with Crippen molar-refractivity contribution < 1.29 is 9.59 Å². The minimum absolute atomic E-state index is 0.00538. The Morgan fingerprint density at radius 1 is 1.03 bits per heavy atom. The number of nitrogens with one attached hydrogen (secondary N) is 2. The highest BCUT2D eigenvalue weighted by Crippen LogP contribution is 2.47. The number of rotatable bonds is 7. The van der Waals surface area contributed by atoms with Crippen LogP contribution in [0.3, 0.4) is 0 Å². The van der Waals surface area contributed by atoms with Gasteiger partial charge in [0.2, 0.25) is 11.8 Å². The molecule has 5 rings (SSSR count). The molecule has 37 heavy (non-hydrogen) atoms. The van der Waals surface area contributed by atoms with Gasteiger partial charge in [0.1, 0.15) is 5.54 Å². The van der Waals surface area contributed by atoms with Crippen LogP contribution in [0, 0.1) is 5.92 Å². The summed E-state index contributed by atoms with van der Waals surface area (Å²) >= 11 is 12.7. The fourth-order valence-electron chi connectivity index (χ4n) is 6.77. The number of carbonyl (C=O) groups is 2. The van der Waals surface area contributed by atoms with Crippen LogP contribution < -0.4 is 10.6 Å². The summed E-state index contributed by atoms with van der Waals surface area (Å²) in [6.45, 7) is 2.46. The van der Waals surface area contributed by atoms with Crippen molar-refractivity contribution in [2.45, 2.75) is 88.8 Å². The third-order valence-electron chi connectivity index (χ3n) is 8.52. The van der Waals surface area contributed by atoms with Gasteiger partial charge in [0.25, 0.3) is 0 Å². The second kappa shape index (κ2) is 11.3. The molecule has 2 aliphatic carbocycles. The Kier molecular flexibility index (Phi) is 8.13. The number of hydrogen-bond donors (Lipinski definition) is 2. The number of amides is 2. The van der Waals surface area contributed by atoms with Crippen molar-refractivity contribution in [3.05, 3.63) is 63.6 Å². The molecule has 3 aliphatic rings. The van der Waals surface area contributed by atoms with Crippen molar-refractivity contribution >= 4 is 40.7 Å². The standard InChI is InChI=1S/C30H37Cl2N3O2/c1-20-7-5-12-25(15-20)35(19-28(36)33-24-10-3-2-4-11-24)30(18-21-8-6-9-22(31)16-21)26-14-13-23(32)17-27(26)34-29(30)37/h6,8-9,13-14,16-17,20,24-25H,2-5,7,10-12,15,18-19H2,1H3,(H,33,36)(H,34,37)/t20-,25?,30?/m1/s1. The molecule has 1 heterocycles. The van der Waals surface area contributed by atoms with Gasteiger partial charge < -0.3 is 10.6 Å². The Bertz CT molecular complexity index is 1150. The zero-order chi connectivity index (χ0) is 26.0. The molecule has 7 heteroatoms. The molecule has 0 spiro atoms. The van der Waals surface area contributed by atoms with Gasteiger partial charge in [-0.1, -0.05) is 80.4 Å². The first kappa shape index (κ1) is 26.5. The molecule has 3 atom stereocenters. The lowest BCUT2D eigenvalue weighted by Gasteiger charge is -2.46. The van der Waals surface area contributed by atoms with E-state index in [-0.39, 0.29) is 30.4 Å². The van der Waals surface area contributed by atoms with Gasteiger partial charge in [-0.15, -0.1) is 0 Å². The molecule has 0 saturated heterocycles. The molecule has 198 valence electrons. The molecule has 2 N–H and O–H groups in total. The van der Waals surface area contributed by atoms with Gasteiger partial charge in [0.15, 0.2) is 0 Å². The fourth-order valence-corrected chi connectivity index (χ4v) is 7.15. The van der Waals surface area contributed by atoms with Crippen LogP contribution in [-0.2, 0) is 21.5 Å². The first-order chi connectivity index (χ1) is 17.8. The Morgan fingerprint density at radius 2 is 1.81 bits per heavy atom. The number of anilines is 1. The molecular formula is C30H37Cl2N3O2. The maximum atomic E-state index is 14.1. The van der Waals surface area contributed by atoms with Gasteiger partial charge in [-0.05, 0) is 61.4 Å². The van der Waals surface area contributed by atoms with Crippen molar-refractivity contribution in [2.75, 3.05) is 11.9 Å². The van der Waals surface area contributed by atoms with E-state index in [0.717, 1.165) is 61.8 Å². The van der Waals surface area contributed by atoms with Gasteiger partial charge in [0, 0.05) is 39.8 Å². The third kappa shape index (κ3) is 5.69. The van der Waals surface area contributed by atoms with E-state index in [1.54, 1.807) is 0 Å². The second-order valence-corrected chi connectivity index (χ2v) is 12.1. The van der Waals surface area contributed by atoms with Gasteiger partial charge in [-0.25, -0.2) is 0 Å². The Balaban J connectivity index is 1.57. The maximum absolute atomic E-state index is 14.1. The van der Waals surface area contributed by atoms with Crippen molar-refractivity contribution in [1.29, 1.82) is 0 Å². The fraction of sp³-hybridized carbons (Fsp3) is 0.533. The smallest absolute Gasteiger partial charge is 0.249 e. The van der Waals surface area contributed by atoms with Crippen LogP contribution in [0.25, 0.3) is 0 Å². The molecule has 0 radical (unpaired) electrons. The average molecular weight is 543 g/mol. The van der Waals surface area contributed by atoms with E-state index in [4.69, 9.17) is 23.2 Å². The molecule has 1 aliphatic heterocycles. The molecule has 0 aromatic heterocycles.